The van der Waals surface area contributed by atoms with E-state index in [1.54, 1.807) is 30.6 Å². The average Bonchev–Trinajstić information content (AvgIpc) is 2.70. The minimum absolute atomic E-state index is 0.102. The minimum atomic E-state index is -0.594. The third-order valence-electron chi connectivity index (χ3n) is 3.92. The summed E-state index contributed by atoms with van der Waals surface area (Å²) >= 11 is 0. The number of benzene rings is 1. The quantitative estimate of drug-likeness (QED) is 0.377. The van der Waals surface area contributed by atoms with Gasteiger partial charge in [-0.05, 0) is 43.5 Å². The summed E-state index contributed by atoms with van der Waals surface area (Å²) in [6, 6.07) is 10.1. The first-order chi connectivity index (χ1) is 13.1. The van der Waals surface area contributed by atoms with Crippen molar-refractivity contribution in [1.29, 1.82) is 0 Å². The van der Waals surface area contributed by atoms with Gasteiger partial charge >= 0.3 is 5.97 Å². The average molecular weight is 371 g/mol. The van der Waals surface area contributed by atoms with Crippen LogP contribution in [-0.2, 0) is 16.1 Å². The van der Waals surface area contributed by atoms with Crippen molar-refractivity contribution in [2.75, 3.05) is 13.7 Å². The zero-order valence-corrected chi connectivity index (χ0v) is 15.4. The number of unbranched alkanes of at least 4 members (excludes halogenated alkanes) is 1. The van der Waals surface area contributed by atoms with Crippen LogP contribution in [0.5, 0.6) is 11.5 Å². The molecule has 0 saturated carbocycles. The molecule has 0 aliphatic rings. The van der Waals surface area contributed by atoms with Gasteiger partial charge in [0.25, 0.3) is 0 Å². The van der Waals surface area contributed by atoms with Gasteiger partial charge in [-0.1, -0.05) is 12.1 Å². The topological polar surface area (TPSA) is 107 Å². The Hall–Kier alpha value is -2.93. The standard InChI is InChI=1S/C20H25N3O4/c1-26-20(25)17(21)8-3-4-11-22-13-16-18(24)9-6-10-19(16)27-14-15-7-2-5-12-23-15/h2,5-7,9-10,12-13,17,24H,3-4,8,11,14,21H2,1H3/b22-13-. The molecular weight excluding hydrogens is 346 g/mol. The van der Waals surface area contributed by atoms with E-state index in [1.165, 1.54) is 7.11 Å². The van der Waals surface area contributed by atoms with Crippen LogP contribution in [-0.4, -0.2) is 42.0 Å². The summed E-state index contributed by atoms with van der Waals surface area (Å²) in [7, 11) is 1.33. The Kier molecular flexibility index (Phi) is 8.25. The molecule has 0 radical (unpaired) electrons. The van der Waals surface area contributed by atoms with Crippen LogP contribution < -0.4 is 10.5 Å². The first kappa shape index (κ1) is 20.4. The van der Waals surface area contributed by atoms with E-state index in [-0.39, 0.29) is 5.75 Å². The zero-order chi connectivity index (χ0) is 19.5. The molecule has 0 aliphatic carbocycles. The van der Waals surface area contributed by atoms with Crippen LogP contribution in [0.4, 0.5) is 0 Å². The molecule has 1 atom stereocenters. The van der Waals surface area contributed by atoms with Crippen molar-refractivity contribution in [3.05, 3.63) is 53.9 Å². The summed E-state index contributed by atoms with van der Waals surface area (Å²) in [5.41, 5.74) is 7.01. The first-order valence-corrected chi connectivity index (χ1v) is 8.79. The number of carbonyl (C=O) groups is 1. The SMILES string of the molecule is COC(=O)C(N)CCCC/N=C\c1c(O)cccc1OCc1ccccn1. The number of pyridine rings is 1. The molecule has 27 heavy (non-hydrogen) atoms. The molecule has 0 bridgehead atoms. The Morgan fingerprint density at radius 3 is 2.89 bits per heavy atom. The molecule has 1 heterocycles. The number of rotatable bonds is 10. The molecule has 0 amide bonds. The fourth-order valence-electron chi connectivity index (χ4n) is 2.42. The van der Waals surface area contributed by atoms with E-state index < -0.39 is 12.0 Å². The van der Waals surface area contributed by atoms with Gasteiger partial charge in [0, 0.05) is 19.0 Å². The van der Waals surface area contributed by atoms with Crippen LogP contribution in [0.25, 0.3) is 0 Å². The second-order valence-electron chi connectivity index (χ2n) is 5.96. The highest BCUT2D eigenvalue weighted by Crippen LogP contribution is 2.26. The molecule has 0 saturated heterocycles. The number of hydrogen-bond donors (Lipinski definition) is 2. The number of esters is 1. The molecule has 0 aliphatic heterocycles. The van der Waals surface area contributed by atoms with E-state index in [0.717, 1.165) is 18.5 Å². The van der Waals surface area contributed by atoms with Crippen LogP contribution in [0.2, 0.25) is 0 Å². The summed E-state index contributed by atoms with van der Waals surface area (Å²) in [4.78, 5) is 19.8. The minimum Gasteiger partial charge on any atom is -0.507 e. The van der Waals surface area contributed by atoms with Gasteiger partial charge in [0.15, 0.2) is 0 Å². The van der Waals surface area contributed by atoms with Gasteiger partial charge in [-0.25, -0.2) is 0 Å². The van der Waals surface area contributed by atoms with Gasteiger partial charge < -0.3 is 20.3 Å². The largest absolute Gasteiger partial charge is 0.507 e. The van der Waals surface area contributed by atoms with Crippen molar-refractivity contribution in [2.45, 2.75) is 31.9 Å². The second kappa shape index (κ2) is 10.9. The van der Waals surface area contributed by atoms with Crippen molar-refractivity contribution in [1.82, 2.24) is 4.98 Å². The number of hydrogen-bond acceptors (Lipinski definition) is 7. The lowest BCUT2D eigenvalue weighted by molar-refractivity contribution is -0.142. The van der Waals surface area contributed by atoms with E-state index >= 15 is 0 Å². The van der Waals surface area contributed by atoms with E-state index in [4.69, 9.17) is 10.5 Å². The van der Waals surface area contributed by atoms with Crippen LogP contribution in [0.1, 0.15) is 30.5 Å². The van der Waals surface area contributed by atoms with E-state index in [1.807, 2.05) is 18.2 Å². The highest BCUT2D eigenvalue weighted by Gasteiger charge is 2.12. The number of phenolic OH excluding ortho intramolecular Hbond substituents is 1. The van der Waals surface area contributed by atoms with Crippen molar-refractivity contribution >= 4 is 12.2 Å². The summed E-state index contributed by atoms with van der Waals surface area (Å²) in [5, 5.41) is 10.1. The third-order valence-corrected chi connectivity index (χ3v) is 3.92. The summed E-state index contributed by atoms with van der Waals surface area (Å²) in [5.74, 6) is 0.240. The number of aromatic hydroxyl groups is 1. The molecule has 7 heteroatoms. The first-order valence-electron chi connectivity index (χ1n) is 8.79. The molecule has 1 aromatic heterocycles. The fourth-order valence-corrected chi connectivity index (χ4v) is 2.42. The van der Waals surface area contributed by atoms with Gasteiger partial charge in [-0.2, -0.15) is 0 Å². The molecule has 7 nitrogen and oxygen atoms in total. The van der Waals surface area contributed by atoms with Crippen molar-refractivity contribution in [3.8, 4) is 11.5 Å². The number of aromatic nitrogens is 1. The summed E-state index contributed by atoms with van der Waals surface area (Å²) in [6.45, 7) is 0.860. The molecule has 2 rings (SSSR count). The Morgan fingerprint density at radius 2 is 2.15 bits per heavy atom. The van der Waals surface area contributed by atoms with Crippen LogP contribution in [0.15, 0.2) is 47.6 Å². The molecule has 144 valence electrons. The van der Waals surface area contributed by atoms with Gasteiger partial charge in [0.1, 0.15) is 24.1 Å². The summed E-state index contributed by atoms with van der Waals surface area (Å²) < 4.78 is 10.4. The Morgan fingerprint density at radius 1 is 1.30 bits per heavy atom. The fraction of sp³-hybridized carbons (Fsp3) is 0.350. The number of carbonyl (C=O) groups excluding carboxylic acids is 1. The Labute approximate surface area is 158 Å². The van der Waals surface area contributed by atoms with Gasteiger partial charge in [-0.3, -0.25) is 14.8 Å². The zero-order valence-electron chi connectivity index (χ0n) is 15.4. The molecule has 2 aromatic rings. The van der Waals surface area contributed by atoms with Gasteiger partial charge in [-0.15, -0.1) is 0 Å². The number of phenols is 1. The number of nitrogens with two attached hydrogens (primary N) is 1. The van der Waals surface area contributed by atoms with Crippen molar-refractivity contribution in [2.24, 2.45) is 10.7 Å². The van der Waals surface area contributed by atoms with E-state index in [2.05, 4.69) is 14.7 Å². The normalized spacial score (nSPS) is 12.1. The predicted molar refractivity (Wildman–Crippen MR) is 103 cm³/mol. The monoisotopic (exact) mass is 371 g/mol. The van der Waals surface area contributed by atoms with Crippen molar-refractivity contribution < 1.29 is 19.4 Å². The third kappa shape index (κ3) is 6.71. The molecular formula is C20H25N3O4. The highest BCUT2D eigenvalue weighted by atomic mass is 16.5. The smallest absolute Gasteiger partial charge is 0.322 e. The Balaban J connectivity index is 1.86. The van der Waals surface area contributed by atoms with Crippen molar-refractivity contribution in [3.63, 3.8) is 0 Å². The molecule has 3 N–H and O–H groups in total. The van der Waals surface area contributed by atoms with E-state index in [0.29, 0.717) is 30.9 Å². The maximum atomic E-state index is 11.2. The number of methoxy groups -OCH3 is 1. The molecule has 0 spiro atoms. The molecule has 1 unspecified atom stereocenters. The lowest BCUT2D eigenvalue weighted by Crippen LogP contribution is -2.31. The molecule has 0 fully saturated rings. The van der Waals surface area contributed by atoms with Crippen LogP contribution in [0, 0.1) is 0 Å². The maximum absolute atomic E-state index is 11.2. The Bertz CT molecular complexity index is 750. The van der Waals surface area contributed by atoms with Crippen LogP contribution in [0.3, 0.4) is 0 Å². The lowest BCUT2D eigenvalue weighted by atomic mass is 10.1. The van der Waals surface area contributed by atoms with Crippen LogP contribution >= 0.6 is 0 Å². The molecule has 1 aromatic carbocycles. The van der Waals surface area contributed by atoms with Gasteiger partial charge in [0.05, 0.1) is 18.4 Å². The van der Waals surface area contributed by atoms with E-state index in [9.17, 15) is 9.90 Å². The maximum Gasteiger partial charge on any atom is 0.322 e. The highest BCUT2D eigenvalue weighted by molar-refractivity contribution is 5.87. The lowest BCUT2D eigenvalue weighted by Gasteiger charge is -2.10. The number of aliphatic imine (C=N–C) groups is 1. The number of ether oxygens (including phenoxy) is 2. The number of nitrogens with zero attached hydrogens (tertiary/aromatic N) is 2. The predicted octanol–water partition coefficient (Wildman–Crippen LogP) is 2.46. The second-order valence-corrected chi connectivity index (χ2v) is 5.96. The summed E-state index contributed by atoms with van der Waals surface area (Å²) in [6.07, 6.45) is 5.40. The van der Waals surface area contributed by atoms with Gasteiger partial charge in [0.2, 0.25) is 0 Å².